The van der Waals surface area contributed by atoms with Crippen molar-refractivity contribution >= 4 is 5.91 Å². The molecule has 0 radical (unpaired) electrons. The lowest BCUT2D eigenvalue weighted by Gasteiger charge is -2.35. The average molecular weight is 234 g/mol. The van der Waals surface area contributed by atoms with E-state index in [-0.39, 0.29) is 11.6 Å². The Bertz CT molecular complexity index is 426. The maximum atomic E-state index is 11.8. The van der Waals surface area contributed by atoms with Crippen molar-refractivity contribution in [1.29, 1.82) is 5.26 Å². The molecule has 1 aliphatic rings. The molecule has 1 saturated heterocycles. The predicted molar refractivity (Wildman–Crippen MR) is 58.9 cm³/mol. The molecule has 0 saturated carbocycles. The van der Waals surface area contributed by atoms with Gasteiger partial charge < -0.3 is 10.2 Å². The minimum atomic E-state index is -0.775. The van der Waals surface area contributed by atoms with Crippen molar-refractivity contribution in [1.82, 2.24) is 25.6 Å². The van der Waals surface area contributed by atoms with Crippen LogP contribution in [0.2, 0.25) is 0 Å². The minimum Gasteiger partial charge on any atom is -0.332 e. The number of nitriles is 1. The monoisotopic (exact) mass is 234 g/mol. The van der Waals surface area contributed by atoms with Gasteiger partial charge in [0.05, 0.1) is 12.3 Å². The molecule has 1 fully saturated rings. The first-order valence-corrected chi connectivity index (χ1v) is 5.43. The van der Waals surface area contributed by atoms with Crippen molar-refractivity contribution in [2.24, 2.45) is 0 Å². The number of hydrogen-bond donors (Lipinski definition) is 2. The molecule has 2 heterocycles. The van der Waals surface area contributed by atoms with Crippen LogP contribution in [0.1, 0.15) is 23.3 Å². The number of aromatic nitrogens is 3. The third-order valence-corrected chi connectivity index (χ3v) is 3.06. The highest BCUT2D eigenvalue weighted by Crippen LogP contribution is 2.21. The third-order valence-electron chi connectivity index (χ3n) is 3.06. The summed E-state index contributed by atoms with van der Waals surface area (Å²) >= 11 is 0. The van der Waals surface area contributed by atoms with Gasteiger partial charge in [0.15, 0.2) is 5.69 Å². The maximum Gasteiger partial charge on any atom is 0.274 e. The van der Waals surface area contributed by atoms with Crippen LogP contribution in [0.5, 0.6) is 0 Å². The van der Waals surface area contributed by atoms with Crippen LogP contribution in [0.15, 0.2) is 6.20 Å². The second-order valence-electron chi connectivity index (χ2n) is 4.31. The largest absolute Gasteiger partial charge is 0.332 e. The van der Waals surface area contributed by atoms with Crippen molar-refractivity contribution in [3.05, 3.63) is 11.9 Å². The second kappa shape index (κ2) is 4.51. The minimum absolute atomic E-state index is 0.207. The van der Waals surface area contributed by atoms with Gasteiger partial charge in [0.25, 0.3) is 5.91 Å². The van der Waals surface area contributed by atoms with Crippen LogP contribution in [0.3, 0.4) is 0 Å². The zero-order valence-electron chi connectivity index (χ0n) is 9.60. The molecular formula is C10H14N6O. The van der Waals surface area contributed by atoms with Gasteiger partial charge >= 0.3 is 0 Å². The van der Waals surface area contributed by atoms with Crippen LogP contribution in [0.25, 0.3) is 0 Å². The maximum absolute atomic E-state index is 11.8. The highest BCUT2D eigenvalue weighted by Gasteiger charge is 2.35. The first-order chi connectivity index (χ1) is 8.15. The van der Waals surface area contributed by atoms with E-state index in [9.17, 15) is 10.1 Å². The number of piperidine rings is 1. The summed E-state index contributed by atoms with van der Waals surface area (Å²) in [7, 11) is 2.00. The van der Waals surface area contributed by atoms with Crippen molar-refractivity contribution < 1.29 is 4.79 Å². The molecule has 7 heteroatoms. The summed E-state index contributed by atoms with van der Waals surface area (Å²) in [6, 6.07) is 2.21. The number of nitrogens with one attached hydrogen (secondary N) is 2. The number of amides is 1. The number of H-pyrrole nitrogens is 1. The van der Waals surface area contributed by atoms with E-state index < -0.39 is 5.54 Å². The lowest BCUT2D eigenvalue weighted by atomic mass is 9.89. The number of hydrogen-bond acceptors (Lipinski definition) is 5. The molecular weight excluding hydrogens is 220 g/mol. The van der Waals surface area contributed by atoms with Crippen LogP contribution >= 0.6 is 0 Å². The molecule has 1 amide bonds. The molecule has 17 heavy (non-hydrogen) atoms. The Kier molecular flexibility index (Phi) is 3.06. The molecule has 2 rings (SSSR count). The van der Waals surface area contributed by atoms with Gasteiger partial charge in [0.1, 0.15) is 5.54 Å². The first kappa shape index (κ1) is 11.5. The Morgan fingerprint density at radius 1 is 1.65 bits per heavy atom. The van der Waals surface area contributed by atoms with Crippen molar-refractivity contribution in [3.8, 4) is 6.07 Å². The van der Waals surface area contributed by atoms with E-state index >= 15 is 0 Å². The standard InChI is InChI=1S/C10H14N6O/c1-16-4-2-10(7-11,3-5-16)13-9(17)8-6-12-15-14-8/h6H,2-5H2,1H3,(H,13,17)(H,12,14,15). The second-order valence-corrected chi connectivity index (χ2v) is 4.31. The Morgan fingerprint density at radius 3 is 2.88 bits per heavy atom. The number of likely N-dealkylation sites (tertiary alicyclic amines) is 1. The van der Waals surface area contributed by atoms with Crippen LogP contribution in [-0.4, -0.2) is 51.9 Å². The third kappa shape index (κ3) is 2.42. The van der Waals surface area contributed by atoms with Gasteiger partial charge in [0.2, 0.25) is 0 Å². The van der Waals surface area contributed by atoms with Gasteiger partial charge in [-0.3, -0.25) is 4.79 Å². The van der Waals surface area contributed by atoms with Crippen molar-refractivity contribution in [3.63, 3.8) is 0 Å². The average Bonchev–Trinajstić information content (AvgIpc) is 2.86. The van der Waals surface area contributed by atoms with E-state index in [0.29, 0.717) is 12.8 Å². The highest BCUT2D eigenvalue weighted by atomic mass is 16.2. The molecule has 0 unspecified atom stereocenters. The van der Waals surface area contributed by atoms with E-state index in [2.05, 4.69) is 31.7 Å². The summed E-state index contributed by atoms with van der Waals surface area (Å²) < 4.78 is 0. The topological polar surface area (TPSA) is 97.7 Å². The van der Waals surface area contributed by atoms with E-state index in [1.165, 1.54) is 6.20 Å². The van der Waals surface area contributed by atoms with Crippen molar-refractivity contribution in [2.75, 3.05) is 20.1 Å². The zero-order valence-corrected chi connectivity index (χ0v) is 9.60. The Labute approximate surface area is 98.8 Å². The summed E-state index contributed by atoms with van der Waals surface area (Å²) in [4.78, 5) is 14.0. The number of rotatable bonds is 2. The summed E-state index contributed by atoms with van der Waals surface area (Å²) in [6.45, 7) is 1.60. The summed E-state index contributed by atoms with van der Waals surface area (Å²) in [5, 5.41) is 21.6. The van der Waals surface area contributed by atoms with Crippen LogP contribution in [-0.2, 0) is 0 Å². The van der Waals surface area contributed by atoms with Crippen molar-refractivity contribution in [2.45, 2.75) is 18.4 Å². The lowest BCUT2D eigenvalue weighted by Crippen LogP contribution is -2.53. The molecule has 1 aromatic heterocycles. The number of carbonyl (C=O) groups excluding carboxylic acids is 1. The molecule has 90 valence electrons. The fraction of sp³-hybridized carbons (Fsp3) is 0.600. The van der Waals surface area contributed by atoms with Crippen LogP contribution in [0, 0.1) is 11.3 Å². The molecule has 7 nitrogen and oxygen atoms in total. The molecule has 0 bridgehead atoms. The van der Waals surface area contributed by atoms with Gasteiger partial charge in [0, 0.05) is 13.1 Å². The predicted octanol–water partition coefficient (Wildman–Crippen LogP) is -0.478. The first-order valence-electron chi connectivity index (χ1n) is 5.43. The number of carbonyl (C=O) groups is 1. The normalized spacial score (nSPS) is 19.5. The lowest BCUT2D eigenvalue weighted by molar-refractivity contribution is 0.0877. The Hall–Kier alpha value is -1.94. The molecule has 1 aliphatic heterocycles. The Balaban J connectivity index is 2.06. The molecule has 2 N–H and O–H groups in total. The highest BCUT2D eigenvalue weighted by molar-refractivity contribution is 5.92. The number of nitrogens with zero attached hydrogens (tertiary/aromatic N) is 4. The molecule has 1 aromatic rings. The molecule has 0 aliphatic carbocycles. The van der Waals surface area contributed by atoms with Gasteiger partial charge in [-0.05, 0) is 19.9 Å². The quantitative estimate of drug-likeness (QED) is 0.720. The van der Waals surface area contributed by atoms with Gasteiger partial charge in [-0.25, -0.2) is 0 Å². The summed E-state index contributed by atoms with van der Waals surface area (Å²) in [6.07, 6.45) is 2.60. The summed E-state index contributed by atoms with van der Waals surface area (Å²) in [5.74, 6) is -0.357. The van der Waals surface area contributed by atoms with E-state index in [1.54, 1.807) is 0 Å². The molecule has 0 aromatic carbocycles. The van der Waals surface area contributed by atoms with Gasteiger partial charge in [-0.2, -0.15) is 20.7 Å². The zero-order chi connectivity index (χ0) is 12.3. The van der Waals surface area contributed by atoms with Gasteiger partial charge in [-0.15, -0.1) is 0 Å². The van der Waals surface area contributed by atoms with Gasteiger partial charge in [-0.1, -0.05) is 0 Å². The fourth-order valence-corrected chi connectivity index (χ4v) is 1.86. The van der Waals surface area contributed by atoms with E-state index in [4.69, 9.17) is 0 Å². The smallest absolute Gasteiger partial charge is 0.274 e. The summed E-state index contributed by atoms with van der Waals surface area (Å²) in [5.41, 5.74) is -0.568. The Morgan fingerprint density at radius 2 is 2.35 bits per heavy atom. The molecule has 0 spiro atoms. The van der Waals surface area contributed by atoms with E-state index in [1.807, 2.05) is 7.05 Å². The molecule has 0 atom stereocenters. The van der Waals surface area contributed by atoms with Crippen LogP contribution < -0.4 is 5.32 Å². The SMILES string of the molecule is CN1CCC(C#N)(NC(=O)c2cn[nH]n2)CC1. The number of aromatic amines is 1. The van der Waals surface area contributed by atoms with E-state index in [0.717, 1.165) is 13.1 Å². The fourth-order valence-electron chi connectivity index (χ4n) is 1.86. The van der Waals surface area contributed by atoms with Crippen LogP contribution in [0.4, 0.5) is 0 Å².